The molecule has 5 aromatic carbocycles. The van der Waals surface area contributed by atoms with Crippen LogP contribution in [0.4, 0.5) is 0 Å². The molecule has 7 rings (SSSR count). The van der Waals surface area contributed by atoms with Crippen molar-refractivity contribution in [2.45, 2.75) is 13.8 Å². The first kappa shape index (κ1) is 20.6. The van der Waals surface area contributed by atoms with Gasteiger partial charge in [-0.15, -0.1) is 10.2 Å². The Bertz CT molecular complexity index is 1890. The minimum atomic E-state index is 0.907. The maximum atomic E-state index is 4.98. The van der Waals surface area contributed by atoms with Gasteiger partial charge in [0, 0.05) is 16.6 Å². The smallest absolute Gasteiger partial charge is 0.145 e. The van der Waals surface area contributed by atoms with Gasteiger partial charge in [0.05, 0.1) is 16.7 Å². The number of benzene rings is 5. The van der Waals surface area contributed by atoms with Crippen molar-refractivity contribution < 1.29 is 0 Å². The topological polar surface area (TPSA) is 48.5 Å². The summed E-state index contributed by atoms with van der Waals surface area (Å²) in [7, 11) is 0. The van der Waals surface area contributed by atoms with Gasteiger partial charge < -0.3 is 0 Å². The fourth-order valence-corrected chi connectivity index (χ4v) is 5.05. The molecule has 0 saturated carbocycles. The van der Waals surface area contributed by atoms with Gasteiger partial charge in [0.2, 0.25) is 0 Å². The van der Waals surface area contributed by atoms with Crippen molar-refractivity contribution >= 4 is 32.8 Å². The summed E-state index contributed by atoms with van der Waals surface area (Å²) in [6, 6.07) is 35.3. The van der Waals surface area contributed by atoms with Gasteiger partial charge in [-0.25, -0.2) is 4.98 Å². The average Bonchev–Trinajstić information content (AvgIpc) is 3.55. The number of aromatic nitrogens is 5. The third-order valence-electron chi connectivity index (χ3n) is 7.05. The van der Waals surface area contributed by atoms with Crippen LogP contribution in [0.25, 0.3) is 55.6 Å². The standard InChI is InChI=1S/C31H23N5/c1-20-21(2)29-30(26-13-7-6-12-25(20)26)34-36(33-29)24-18-16-22(17-19-24)31-32-27-14-8-9-15-28(27)35(31)23-10-4-3-5-11-23/h3-19H,1-2H3. The lowest BCUT2D eigenvalue weighted by Gasteiger charge is -2.10. The Hall–Kier alpha value is -4.77. The summed E-state index contributed by atoms with van der Waals surface area (Å²) in [6.45, 7) is 4.28. The normalized spacial score (nSPS) is 11.6. The number of fused-ring (bicyclic) bond motifs is 4. The predicted molar refractivity (Wildman–Crippen MR) is 146 cm³/mol. The predicted octanol–water partition coefficient (Wildman–Crippen LogP) is 7.20. The molecular formula is C31H23N5. The Kier molecular flexibility index (Phi) is 4.51. The van der Waals surface area contributed by atoms with Crippen LogP contribution in [0.15, 0.2) is 103 Å². The Morgan fingerprint density at radius 2 is 1.22 bits per heavy atom. The van der Waals surface area contributed by atoms with Crippen molar-refractivity contribution in [3.8, 4) is 22.8 Å². The minimum absolute atomic E-state index is 0.907. The van der Waals surface area contributed by atoms with Crippen molar-refractivity contribution in [3.63, 3.8) is 0 Å². The van der Waals surface area contributed by atoms with E-state index in [0.717, 1.165) is 50.2 Å². The van der Waals surface area contributed by atoms with E-state index < -0.39 is 0 Å². The highest BCUT2D eigenvalue weighted by Crippen LogP contribution is 2.32. The first-order valence-corrected chi connectivity index (χ1v) is 12.1. The molecule has 36 heavy (non-hydrogen) atoms. The summed E-state index contributed by atoms with van der Waals surface area (Å²) < 4.78 is 2.21. The van der Waals surface area contributed by atoms with E-state index >= 15 is 0 Å². The number of nitrogens with zero attached hydrogens (tertiary/aromatic N) is 5. The first-order chi connectivity index (χ1) is 17.7. The molecule has 5 heteroatoms. The summed E-state index contributed by atoms with van der Waals surface area (Å²) >= 11 is 0. The molecule has 2 heterocycles. The van der Waals surface area contributed by atoms with Crippen LogP contribution in [0.2, 0.25) is 0 Å². The number of para-hydroxylation sites is 3. The van der Waals surface area contributed by atoms with Gasteiger partial charge in [-0.2, -0.15) is 4.80 Å². The third kappa shape index (κ3) is 3.06. The molecule has 0 fully saturated rings. The molecule has 0 atom stereocenters. The lowest BCUT2D eigenvalue weighted by molar-refractivity contribution is 0.765. The van der Waals surface area contributed by atoms with Crippen molar-refractivity contribution in [2.24, 2.45) is 0 Å². The van der Waals surface area contributed by atoms with Crippen LogP contribution in [0, 0.1) is 13.8 Å². The van der Waals surface area contributed by atoms with Gasteiger partial charge in [0.15, 0.2) is 0 Å². The third-order valence-corrected chi connectivity index (χ3v) is 7.05. The molecule has 0 saturated heterocycles. The Morgan fingerprint density at radius 1 is 0.556 bits per heavy atom. The van der Waals surface area contributed by atoms with Gasteiger partial charge in [0.1, 0.15) is 16.9 Å². The second-order valence-corrected chi connectivity index (χ2v) is 9.12. The summed E-state index contributed by atoms with van der Waals surface area (Å²) in [5, 5.41) is 12.1. The van der Waals surface area contributed by atoms with E-state index in [9.17, 15) is 0 Å². The van der Waals surface area contributed by atoms with Crippen LogP contribution in [0.1, 0.15) is 11.1 Å². The fraction of sp³-hybridized carbons (Fsp3) is 0.0645. The molecule has 7 aromatic rings. The second kappa shape index (κ2) is 7.89. The SMILES string of the molecule is Cc1c(C)c2nn(-c3ccc(-c4nc5ccccc5n4-c4ccccc4)cc3)nc2c2ccccc12. The highest BCUT2D eigenvalue weighted by Gasteiger charge is 2.16. The van der Waals surface area contributed by atoms with Crippen molar-refractivity contribution in [3.05, 3.63) is 114 Å². The summed E-state index contributed by atoms with van der Waals surface area (Å²) in [6.07, 6.45) is 0. The number of imidazole rings is 1. The largest absolute Gasteiger partial charge is 0.292 e. The van der Waals surface area contributed by atoms with Crippen molar-refractivity contribution in [2.75, 3.05) is 0 Å². The highest BCUT2D eigenvalue weighted by atomic mass is 15.5. The minimum Gasteiger partial charge on any atom is -0.292 e. The molecule has 0 spiro atoms. The molecule has 2 aromatic heterocycles. The zero-order valence-electron chi connectivity index (χ0n) is 20.1. The van der Waals surface area contributed by atoms with Gasteiger partial charge in [-0.1, -0.05) is 54.6 Å². The van der Waals surface area contributed by atoms with Crippen LogP contribution >= 0.6 is 0 Å². The van der Waals surface area contributed by atoms with E-state index in [4.69, 9.17) is 15.2 Å². The molecule has 0 bridgehead atoms. The molecule has 0 aliphatic heterocycles. The summed E-state index contributed by atoms with van der Waals surface area (Å²) in [4.78, 5) is 6.72. The molecule has 0 unspecified atom stereocenters. The number of hydrogen-bond donors (Lipinski definition) is 0. The maximum Gasteiger partial charge on any atom is 0.145 e. The Labute approximate surface area is 208 Å². The monoisotopic (exact) mass is 465 g/mol. The summed E-state index contributed by atoms with van der Waals surface area (Å²) in [5.41, 5.74) is 9.39. The number of aryl methyl sites for hydroxylation is 2. The van der Waals surface area contributed by atoms with Gasteiger partial charge in [0.25, 0.3) is 0 Å². The molecule has 5 nitrogen and oxygen atoms in total. The van der Waals surface area contributed by atoms with Gasteiger partial charge >= 0.3 is 0 Å². The zero-order chi connectivity index (χ0) is 24.2. The number of hydrogen-bond acceptors (Lipinski definition) is 3. The van der Waals surface area contributed by atoms with E-state index in [1.165, 1.54) is 16.5 Å². The number of rotatable bonds is 3. The van der Waals surface area contributed by atoms with Gasteiger partial charge in [-0.05, 0) is 78.9 Å². The lowest BCUT2D eigenvalue weighted by Crippen LogP contribution is -2.00. The second-order valence-electron chi connectivity index (χ2n) is 9.12. The fourth-order valence-electron chi connectivity index (χ4n) is 5.05. The van der Waals surface area contributed by atoms with E-state index in [1.807, 2.05) is 12.1 Å². The van der Waals surface area contributed by atoms with E-state index in [0.29, 0.717) is 0 Å². The van der Waals surface area contributed by atoms with Crippen molar-refractivity contribution in [1.29, 1.82) is 0 Å². The van der Waals surface area contributed by atoms with Crippen LogP contribution < -0.4 is 0 Å². The van der Waals surface area contributed by atoms with Crippen molar-refractivity contribution in [1.82, 2.24) is 24.5 Å². The molecule has 0 aliphatic carbocycles. The lowest BCUT2D eigenvalue weighted by atomic mass is 9.99. The van der Waals surface area contributed by atoms with Crippen LogP contribution in [-0.2, 0) is 0 Å². The van der Waals surface area contributed by atoms with Crippen LogP contribution in [-0.4, -0.2) is 24.5 Å². The highest BCUT2D eigenvalue weighted by molar-refractivity contribution is 6.07. The quantitative estimate of drug-likeness (QED) is 0.277. The molecule has 0 N–H and O–H groups in total. The summed E-state index contributed by atoms with van der Waals surface area (Å²) in [5.74, 6) is 0.907. The van der Waals surface area contributed by atoms with Gasteiger partial charge in [-0.3, -0.25) is 4.57 Å². The van der Waals surface area contributed by atoms with E-state index in [1.54, 1.807) is 4.80 Å². The van der Waals surface area contributed by atoms with Crippen LogP contribution in [0.3, 0.4) is 0 Å². The Balaban J connectivity index is 1.36. The van der Waals surface area contributed by atoms with E-state index in [-0.39, 0.29) is 0 Å². The zero-order valence-corrected chi connectivity index (χ0v) is 20.1. The average molecular weight is 466 g/mol. The van der Waals surface area contributed by atoms with Crippen LogP contribution in [0.5, 0.6) is 0 Å². The molecule has 0 radical (unpaired) electrons. The first-order valence-electron chi connectivity index (χ1n) is 12.1. The van der Waals surface area contributed by atoms with E-state index in [2.05, 4.69) is 109 Å². The molecule has 172 valence electrons. The molecular weight excluding hydrogens is 442 g/mol. The molecule has 0 aliphatic rings. The maximum absolute atomic E-state index is 4.98. The molecule has 0 amide bonds. The Morgan fingerprint density at radius 3 is 2.03 bits per heavy atom.